The van der Waals surface area contributed by atoms with Gasteiger partial charge in [-0.2, -0.15) is 0 Å². The number of rotatable bonds is 5. The van der Waals surface area contributed by atoms with Crippen LogP contribution in [0.25, 0.3) is 0 Å². The zero-order valence-electron chi connectivity index (χ0n) is 13.9. The average molecular weight is 348 g/mol. The number of aliphatic hydroxyl groups is 1. The molecule has 2 N–H and O–H groups in total. The molecule has 0 unspecified atom stereocenters. The number of amides is 2. The Bertz CT molecular complexity index is 645. The van der Waals surface area contributed by atoms with E-state index in [0.717, 1.165) is 29.2 Å². The number of aliphatic hydroxyl groups excluding tert-OH is 1. The molecule has 0 radical (unpaired) electrons. The number of aryl methyl sites for hydroxylation is 1. The van der Waals surface area contributed by atoms with Crippen LogP contribution < -0.4 is 5.32 Å². The minimum atomic E-state index is -0.405. The van der Waals surface area contributed by atoms with E-state index in [-0.39, 0.29) is 11.9 Å². The van der Waals surface area contributed by atoms with Gasteiger partial charge in [0.2, 0.25) is 0 Å². The molecule has 1 fully saturated rings. The Kier molecular flexibility index (Phi) is 5.58. The van der Waals surface area contributed by atoms with Crippen LogP contribution in [0, 0.1) is 12.8 Å². The van der Waals surface area contributed by atoms with Crippen molar-refractivity contribution >= 4 is 17.4 Å². The van der Waals surface area contributed by atoms with E-state index in [1.807, 2.05) is 41.5 Å². The van der Waals surface area contributed by atoms with Gasteiger partial charge in [0.05, 0.1) is 6.10 Å². The predicted molar refractivity (Wildman–Crippen MR) is 94.1 cm³/mol. The summed E-state index contributed by atoms with van der Waals surface area (Å²) in [6, 6.07) is 7.79. The van der Waals surface area contributed by atoms with E-state index in [2.05, 4.69) is 5.32 Å². The minimum Gasteiger partial charge on any atom is -0.466 e. The molecule has 0 aromatic carbocycles. The smallest absolute Gasteiger partial charge is 0.317 e. The van der Waals surface area contributed by atoms with Crippen molar-refractivity contribution in [1.82, 2.24) is 10.2 Å². The number of carbonyl (C=O) groups is 1. The molecule has 1 saturated heterocycles. The molecule has 2 amide bonds. The van der Waals surface area contributed by atoms with Crippen LogP contribution in [0.5, 0.6) is 0 Å². The van der Waals surface area contributed by atoms with Crippen molar-refractivity contribution in [1.29, 1.82) is 0 Å². The molecule has 1 aliphatic heterocycles. The molecule has 1 aliphatic rings. The van der Waals surface area contributed by atoms with Crippen LogP contribution in [-0.4, -0.2) is 35.7 Å². The van der Waals surface area contributed by atoms with Gasteiger partial charge in [0.25, 0.3) is 0 Å². The largest absolute Gasteiger partial charge is 0.466 e. The fraction of sp³-hybridized carbons (Fsp3) is 0.500. The first-order valence-electron chi connectivity index (χ1n) is 8.43. The molecule has 3 rings (SSSR count). The SMILES string of the molecule is Cc1ccc(CCNC(=O)N2CCC([C@@H](O)c3cccs3)CC2)o1. The summed E-state index contributed by atoms with van der Waals surface area (Å²) in [4.78, 5) is 15.1. The van der Waals surface area contributed by atoms with Gasteiger partial charge in [-0.25, -0.2) is 4.79 Å². The third kappa shape index (κ3) is 4.19. The van der Waals surface area contributed by atoms with Crippen molar-refractivity contribution in [3.8, 4) is 0 Å². The lowest BCUT2D eigenvalue weighted by Crippen LogP contribution is -2.45. The molecule has 0 bridgehead atoms. The summed E-state index contributed by atoms with van der Waals surface area (Å²) in [7, 11) is 0. The van der Waals surface area contributed by atoms with Crippen LogP contribution in [0.3, 0.4) is 0 Å². The average Bonchev–Trinajstić information content (AvgIpc) is 3.26. The number of urea groups is 1. The van der Waals surface area contributed by atoms with E-state index < -0.39 is 6.10 Å². The van der Waals surface area contributed by atoms with Gasteiger partial charge in [-0.05, 0) is 49.3 Å². The lowest BCUT2D eigenvalue weighted by Gasteiger charge is -2.34. The Balaban J connectivity index is 1.40. The summed E-state index contributed by atoms with van der Waals surface area (Å²) in [6.07, 6.45) is 1.97. The predicted octanol–water partition coefficient (Wildman–Crippen LogP) is 3.35. The van der Waals surface area contributed by atoms with Crippen molar-refractivity contribution in [3.63, 3.8) is 0 Å². The quantitative estimate of drug-likeness (QED) is 0.871. The maximum Gasteiger partial charge on any atom is 0.317 e. The highest BCUT2D eigenvalue weighted by Crippen LogP contribution is 2.32. The molecule has 6 heteroatoms. The Labute approximate surface area is 146 Å². The first kappa shape index (κ1) is 17.0. The molecule has 2 aromatic rings. The van der Waals surface area contributed by atoms with Crippen LogP contribution in [-0.2, 0) is 6.42 Å². The number of likely N-dealkylation sites (tertiary alicyclic amines) is 1. The normalized spacial score (nSPS) is 17.0. The van der Waals surface area contributed by atoms with Gasteiger partial charge in [0.15, 0.2) is 0 Å². The highest BCUT2D eigenvalue weighted by atomic mass is 32.1. The minimum absolute atomic E-state index is 0.0256. The summed E-state index contributed by atoms with van der Waals surface area (Å²) >= 11 is 1.59. The number of furan rings is 1. The molecule has 2 aromatic heterocycles. The first-order chi connectivity index (χ1) is 11.6. The number of thiophene rings is 1. The van der Waals surface area contributed by atoms with Crippen molar-refractivity contribution in [2.24, 2.45) is 5.92 Å². The number of hydrogen-bond acceptors (Lipinski definition) is 4. The Morgan fingerprint density at radius 3 is 2.83 bits per heavy atom. The molecule has 3 heterocycles. The molecule has 5 nitrogen and oxygen atoms in total. The van der Waals surface area contributed by atoms with Crippen LogP contribution in [0.15, 0.2) is 34.1 Å². The van der Waals surface area contributed by atoms with Gasteiger partial charge in [-0.1, -0.05) is 6.07 Å². The molecule has 24 heavy (non-hydrogen) atoms. The van der Waals surface area contributed by atoms with Gasteiger partial charge < -0.3 is 19.7 Å². The number of nitrogens with one attached hydrogen (secondary N) is 1. The van der Waals surface area contributed by atoms with Crippen LogP contribution in [0.4, 0.5) is 4.79 Å². The molecule has 0 saturated carbocycles. The van der Waals surface area contributed by atoms with E-state index >= 15 is 0 Å². The second-order valence-corrected chi connectivity index (χ2v) is 7.26. The van der Waals surface area contributed by atoms with E-state index in [1.54, 1.807) is 11.3 Å². The number of carbonyl (C=O) groups excluding carboxylic acids is 1. The monoisotopic (exact) mass is 348 g/mol. The van der Waals surface area contributed by atoms with Crippen molar-refractivity contribution < 1.29 is 14.3 Å². The van der Waals surface area contributed by atoms with E-state index in [1.165, 1.54) is 0 Å². The summed E-state index contributed by atoms with van der Waals surface area (Å²) < 4.78 is 5.49. The van der Waals surface area contributed by atoms with Gasteiger partial charge in [0, 0.05) is 30.9 Å². The standard InChI is InChI=1S/C18H24N2O3S/c1-13-4-5-15(23-13)6-9-19-18(22)20-10-7-14(8-11-20)17(21)16-3-2-12-24-16/h2-5,12,14,17,21H,6-11H2,1H3,(H,19,22)/t17-/m1/s1. The molecular weight excluding hydrogens is 324 g/mol. The molecule has 0 aliphatic carbocycles. The second-order valence-electron chi connectivity index (χ2n) is 6.28. The zero-order chi connectivity index (χ0) is 16.9. The lowest BCUT2D eigenvalue weighted by molar-refractivity contribution is 0.0690. The van der Waals surface area contributed by atoms with Gasteiger partial charge >= 0.3 is 6.03 Å². The first-order valence-corrected chi connectivity index (χ1v) is 9.31. The number of nitrogens with zero attached hydrogens (tertiary/aromatic N) is 1. The Morgan fingerprint density at radius 1 is 1.42 bits per heavy atom. The second kappa shape index (κ2) is 7.85. The van der Waals surface area contributed by atoms with Crippen LogP contribution in [0.1, 0.15) is 35.3 Å². The van der Waals surface area contributed by atoms with E-state index in [9.17, 15) is 9.90 Å². The fourth-order valence-electron chi connectivity index (χ4n) is 3.13. The van der Waals surface area contributed by atoms with Crippen LogP contribution in [0.2, 0.25) is 0 Å². The maximum atomic E-state index is 12.2. The highest BCUT2D eigenvalue weighted by molar-refractivity contribution is 7.10. The topological polar surface area (TPSA) is 65.7 Å². The Hall–Kier alpha value is -1.79. The van der Waals surface area contributed by atoms with Gasteiger partial charge in [0.1, 0.15) is 11.5 Å². The van der Waals surface area contributed by atoms with E-state index in [4.69, 9.17) is 4.42 Å². The zero-order valence-corrected chi connectivity index (χ0v) is 14.7. The summed E-state index contributed by atoms with van der Waals surface area (Å²) in [5.74, 6) is 2.02. The lowest BCUT2D eigenvalue weighted by atomic mass is 9.90. The third-order valence-corrected chi connectivity index (χ3v) is 5.49. The van der Waals surface area contributed by atoms with Crippen molar-refractivity contribution in [3.05, 3.63) is 46.0 Å². The third-order valence-electron chi connectivity index (χ3n) is 4.55. The molecular formula is C18H24N2O3S. The number of hydrogen-bond donors (Lipinski definition) is 2. The fourth-order valence-corrected chi connectivity index (χ4v) is 3.94. The summed E-state index contributed by atoms with van der Waals surface area (Å²) in [6.45, 7) is 3.87. The molecule has 1 atom stereocenters. The summed E-state index contributed by atoms with van der Waals surface area (Å²) in [5.41, 5.74) is 0. The number of piperidine rings is 1. The molecule has 130 valence electrons. The summed E-state index contributed by atoms with van der Waals surface area (Å²) in [5, 5.41) is 15.3. The highest BCUT2D eigenvalue weighted by Gasteiger charge is 2.28. The van der Waals surface area contributed by atoms with Crippen molar-refractivity contribution in [2.75, 3.05) is 19.6 Å². The Morgan fingerprint density at radius 2 is 2.21 bits per heavy atom. The van der Waals surface area contributed by atoms with Gasteiger partial charge in [-0.3, -0.25) is 0 Å². The van der Waals surface area contributed by atoms with Gasteiger partial charge in [-0.15, -0.1) is 11.3 Å². The molecule has 0 spiro atoms. The van der Waals surface area contributed by atoms with Crippen molar-refractivity contribution in [2.45, 2.75) is 32.3 Å². The van der Waals surface area contributed by atoms with Crippen LogP contribution >= 0.6 is 11.3 Å². The maximum absolute atomic E-state index is 12.2. The van der Waals surface area contributed by atoms with E-state index in [0.29, 0.717) is 26.1 Å².